The van der Waals surface area contributed by atoms with Gasteiger partial charge in [-0.2, -0.15) is 0 Å². The summed E-state index contributed by atoms with van der Waals surface area (Å²) < 4.78 is 15.7. The Morgan fingerprint density at radius 2 is 0.917 bits per heavy atom. The van der Waals surface area contributed by atoms with E-state index < -0.39 is 0 Å². The fraction of sp³-hybridized carbons (Fsp3) is 0.143. The van der Waals surface area contributed by atoms with Crippen LogP contribution in [-0.4, -0.2) is 14.2 Å². The van der Waals surface area contributed by atoms with Gasteiger partial charge in [0.25, 0.3) is 0 Å². The lowest BCUT2D eigenvalue weighted by atomic mass is 10.2. The van der Waals surface area contributed by atoms with Crippen LogP contribution in [0.25, 0.3) is 0 Å². The van der Waals surface area contributed by atoms with Gasteiger partial charge in [-0.1, -0.05) is 66.7 Å². The van der Waals surface area contributed by atoms with Crippen LogP contribution in [0.1, 0.15) is 11.9 Å². The standard InChI is InChI=1S/C12H10O.C9H12O2/c1-3-7-11(8-4-1)13-12-9-5-2-6-10-12;1-10-9(11-2)8-6-4-3-5-7-8/h1-10H;3-7,9H,1-2H3. The molecule has 3 rings (SSSR count). The molecule has 3 nitrogen and oxygen atoms in total. The van der Waals surface area contributed by atoms with E-state index in [0.717, 1.165) is 17.1 Å². The Labute approximate surface area is 143 Å². The average Bonchev–Trinajstić information content (AvgIpc) is 2.66. The van der Waals surface area contributed by atoms with Crippen LogP contribution in [-0.2, 0) is 9.47 Å². The van der Waals surface area contributed by atoms with Gasteiger partial charge >= 0.3 is 0 Å². The van der Waals surface area contributed by atoms with Gasteiger partial charge < -0.3 is 14.2 Å². The lowest BCUT2D eigenvalue weighted by Gasteiger charge is -2.12. The molecule has 0 bridgehead atoms. The molecule has 0 aliphatic heterocycles. The van der Waals surface area contributed by atoms with E-state index >= 15 is 0 Å². The summed E-state index contributed by atoms with van der Waals surface area (Å²) in [4.78, 5) is 0. The summed E-state index contributed by atoms with van der Waals surface area (Å²) in [6.45, 7) is 0. The third kappa shape index (κ3) is 5.88. The van der Waals surface area contributed by atoms with E-state index in [1.54, 1.807) is 14.2 Å². The minimum atomic E-state index is -0.240. The fourth-order valence-corrected chi connectivity index (χ4v) is 2.09. The molecule has 0 aliphatic carbocycles. The lowest BCUT2D eigenvalue weighted by Crippen LogP contribution is -2.02. The molecule has 0 aliphatic rings. The van der Waals surface area contributed by atoms with E-state index in [0.29, 0.717) is 0 Å². The third-order valence-corrected chi connectivity index (χ3v) is 3.22. The van der Waals surface area contributed by atoms with E-state index in [2.05, 4.69) is 0 Å². The Morgan fingerprint density at radius 1 is 0.542 bits per heavy atom. The van der Waals surface area contributed by atoms with Crippen molar-refractivity contribution in [3.8, 4) is 11.5 Å². The molecule has 0 fully saturated rings. The van der Waals surface area contributed by atoms with E-state index in [9.17, 15) is 0 Å². The molecule has 0 unspecified atom stereocenters. The summed E-state index contributed by atoms with van der Waals surface area (Å²) in [6.07, 6.45) is -0.240. The summed E-state index contributed by atoms with van der Waals surface area (Å²) in [5.41, 5.74) is 1.04. The first-order valence-electron chi connectivity index (χ1n) is 7.72. The van der Waals surface area contributed by atoms with Crippen LogP contribution < -0.4 is 4.74 Å². The highest BCUT2D eigenvalue weighted by Crippen LogP contribution is 2.19. The number of para-hydroxylation sites is 2. The highest BCUT2D eigenvalue weighted by Gasteiger charge is 2.05. The fourth-order valence-electron chi connectivity index (χ4n) is 2.09. The monoisotopic (exact) mass is 322 g/mol. The van der Waals surface area contributed by atoms with Gasteiger partial charge in [0.05, 0.1) is 0 Å². The quantitative estimate of drug-likeness (QED) is 0.584. The topological polar surface area (TPSA) is 27.7 Å². The number of rotatable bonds is 5. The number of benzene rings is 3. The van der Waals surface area contributed by atoms with Crippen molar-refractivity contribution in [1.82, 2.24) is 0 Å². The number of hydrogen-bond donors (Lipinski definition) is 0. The second-order valence-corrected chi connectivity index (χ2v) is 4.94. The number of ether oxygens (including phenoxy) is 3. The van der Waals surface area contributed by atoms with Crippen LogP contribution in [0.5, 0.6) is 11.5 Å². The molecular formula is C21H22O3. The highest BCUT2D eigenvalue weighted by atomic mass is 16.7. The second kappa shape index (κ2) is 10.2. The molecule has 0 atom stereocenters. The van der Waals surface area contributed by atoms with Gasteiger partial charge in [-0.05, 0) is 24.3 Å². The molecule has 0 radical (unpaired) electrons. The number of hydrogen-bond acceptors (Lipinski definition) is 3. The first-order chi connectivity index (χ1) is 11.8. The van der Waals surface area contributed by atoms with Crippen LogP contribution in [0.15, 0.2) is 91.0 Å². The van der Waals surface area contributed by atoms with Crippen LogP contribution >= 0.6 is 0 Å². The van der Waals surface area contributed by atoms with Crippen LogP contribution in [0, 0.1) is 0 Å². The van der Waals surface area contributed by atoms with E-state index in [1.807, 2.05) is 91.0 Å². The molecule has 0 aromatic heterocycles. The molecule has 0 heterocycles. The molecule has 0 saturated heterocycles. The predicted molar refractivity (Wildman–Crippen MR) is 96.2 cm³/mol. The van der Waals surface area contributed by atoms with Gasteiger partial charge in [0.15, 0.2) is 6.29 Å². The van der Waals surface area contributed by atoms with Gasteiger partial charge in [0.1, 0.15) is 11.5 Å². The molecule has 124 valence electrons. The Hall–Kier alpha value is -2.62. The van der Waals surface area contributed by atoms with Crippen molar-refractivity contribution in [2.24, 2.45) is 0 Å². The minimum absolute atomic E-state index is 0.240. The molecular weight excluding hydrogens is 300 g/mol. The second-order valence-electron chi connectivity index (χ2n) is 4.94. The smallest absolute Gasteiger partial charge is 0.183 e. The minimum Gasteiger partial charge on any atom is -0.457 e. The third-order valence-electron chi connectivity index (χ3n) is 3.22. The van der Waals surface area contributed by atoms with E-state index in [1.165, 1.54) is 0 Å². The van der Waals surface area contributed by atoms with Crippen molar-refractivity contribution in [3.63, 3.8) is 0 Å². The van der Waals surface area contributed by atoms with Gasteiger partial charge in [-0.25, -0.2) is 0 Å². The zero-order valence-corrected chi connectivity index (χ0v) is 14.0. The van der Waals surface area contributed by atoms with Crippen LogP contribution in [0.4, 0.5) is 0 Å². The normalized spacial score (nSPS) is 9.96. The van der Waals surface area contributed by atoms with Crippen molar-refractivity contribution >= 4 is 0 Å². The summed E-state index contributed by atoms with van der Waals surface area (Å²) in [5.74, 6) is 1.74. The molecule has 0 amide bonds. The molecule has 0 N–H and O–H groups in total. The molecule has 0 saturated carbocycles. The predicted octanol–water partition coefficient (Wildman–Crippen LogP) is 5.46. The van der Waals surface area contributed by atoms with Crippen molar-refractivity contribution < 1.29 is 14.2 Å². The molecule has 3 aromatic carbocycles. The highest BCUT2D eigenvalue weighted by molar-refractivity contribution is 5.30. The molecule has 3 heteroatoms. The van der Waals surface area contributed by atoms with Crippen molar-refractivity contribution in [3.05, 3.63) is 96.6 Å². The van der Waals surface area contributed by atoms with E-state index in [-0.39, 0.29) is 6.29 Å². The van der Waals surface area contributed by atoms with E-state index in [4.69, 9.17) is 14.2 Å². The summed E-state index contributed by atoms with van der Waals surface area (Å²) in [7, 11) is 3.25. The first-order valence-corrected chi connectivity index (χ1v) is 7.72. The zero-order chi connectivity index (χ0) is 17.0. The Morgan fingerprint density at radius 3 is 1.29 bits per heavy atom. The van der Waals surface area contributed by atoms with Crippen LogP contribution in [0.2, 0.25) is 0 Å². The maximum absolute atomic E-state index is 5.58. The van der Waals surface area contributed by atoms with Crippen molar-refractivity contribution in [1.29, 1.82) is 0 Å². The Kier molecular flexibility index (Phi) is 7.54. The SMILES string of the molecule is COC(OC)c1ccccc1.c1ccc(Oc2ccccc2)cc1. The maximum Gasteiger partial charge on any atom is 0.183 e. The summed E-state index contributed by atoms with van der Waals surface area (Å²) in [6, 6.07) is 29.3. The molecule has 24 heavy (non-hydrogen) atoms. The van der Waals surface area contributed by atoms with Crippen molar-refractivity contribution in [2.45, 2.75) is 6.29 Å². The average molecular weight is 322 g/mol. The van der Waals surface area contributed by atoms with Crippen molar-refractivity contribution in [2.75, 3.05) is 14.2 Å². The zero-order valence-electron chi connectivity index (χ0n) is 14.0. The Bertz CT molecular complexity index is 628. The number of methoxy groups -OCH3 is 2. The molecule has 0 spiro atoms. The lowest BCUT2D eigenvalue weighted by molar-refractivity contribution is -0.106. The van der Waals surface area contributed by atoms with Gasteiger partial charge in [0, 0.05) is 19.8 Å². The van der Waals surface area contributed by atoms with Gasteiger partial charge in [0.2, 0.25) is 0 Å². The summed E-state index contributed by atoms with van der Waals surface area (Å²) in [5, 5.41) is 0. The largest absolute Gasteiger partial charge is 0.457 e. The van der Waals surface area contributed by atoms with Crippen LogP contribution in [0.3, 0.4) is 0 Å². The summed E-state index contributed by atoms with van der Waals surface area (Å²) >= 11 is 0. The Balaban J connectivity index is 0.000000177. The molecule has 3 aromatic rings. The van der Waals surface area contributed by atoms with Gasteiger partial charge in [-0.3, -0.25) is 0 Å². The first kappa shape index (κ1) is 17.7. The van der Waals surface area contributed by atoms with Gasteiger partial charge in [-0.15, -0.1) is 0 Å². The maximum atomic E-state index is 5.58.